The zero-order valence-corrected chi connectivity index (χ0v) is 26.3. The topological polar surface area (TPSA) is 0 Å². The summed E-state index contributed by atoms with van der Waals surface area (Å²) in [6.07, 6.45) is 16.7. The van der Waals surface area contributed by atoms with E-state index in [-0.39, 0.29) is 0 Å². The van der Waals surface area contributed by atoms with Crippen LogP contribution in [0.25, 0.3) is 66.8 Å². The molecule has 0 heteroatoms. The normalized spacial score (nSPS) is 10.4. The highest BCUT2D eigenvalue weighted by Gasteiger charge is 2.10. The Morgan fingerprint density at radius 2 is 0.354 bits per heavy atom. The average Bonchev–Trinajstić information content (AvgIpc) is 3.18. The third-order valence-corrected chi connectivity index (χ3v) is 8.74. The Balaban J connectivity index is 1.26. The van der Waals surface area contributed by atoms with E-state index in [9.17, 15) is 0 Å². The van der Waals surface area contributed by atoms with Gasteiger partial charge in [0.25, 0.3) is 0 Å². The molecule has 0 atom stereocenters. The van der Waals surface area contributed by atoms with E-state index < -0.39 is 0 Å². The molecule has 7 aromatic carbocycles. The van der Waals surface area contributed by atoms with Crippen molar-refractivity contribution in [2.75, 3.05) is 0 Å². The van der Waals surface area contributed by atoms with Crippen molar-refractivity contribution < 1.29 is 0 Å². The summed E-state index contributed by atoms with van der Waals surface area (Å²) < 4.78 is 0. The summed E-state index contributed by atoms with van der Waals surface area (Å²) in [6, 6.07) is 57.4. The van der Waals surface area contributed by atoms with Crippen LogP contribution in [0, 0.1) is 37.0 Å². The van der Waals surface area contributed by atoms with E-state index in [4.69, 9.17) is 19.3 Å². The average molecular weight is 607 g/mol. The fraction of sp³-hybridized carbons (Fsp3) is 0. The van der Waals surface area contributed by atoms with Crippen LogP contribution in [-0.2, 0) is 0 Å². The van der Waals surface area contributed by atoms with Crippen LogP contribution in [0.5, 0.6) is 0 Å². The van der Waals surface area contributed by atoms with Gasteiger partial charge in [-0.3, -0.25) is 0 Å². The van der Waals surface area contributed by atoms with Gasteiger partial charge in [-0.25, -0.2) is 0 Å². The quantitative estimate of drug-likeness (QED) is 0.165. The molecule has 0 saturated carbocycles. The van der Waals surface area contributed by atoms with Crippen molar-refractivity contribution in [3.63, 3.8) is 0 Å². The predicted molar refractivity (Wildman–Crippen MR) is 203 cm³/mol. The fourth-order valence-electron chi connectivity index (χ4n) is 5.97. The van der Waals surface area contributed by atoms with E-state index in [0.29, 0.717) is 0 Å². The van der Waals surface area contributed by atoms with E-state index in [2.05, 4.69) is 145 Å². The van der Waals surface area contributed by atoms with Gasteiger partial charge >= 0.3 is 0 Å². The van der Waals surface area contributed by atoms with Crippen molar-refractivity contribution in [3.8, 4) is 104 Å². The van der Waals surface area contributed by atoms with Crippen LogP contribution >= 0.6 is 0 Å². The Kier molecular flexibility index (Phi) is 8.28. The lowest BCUT2D eigenvalue weighted by atomic mass is 9.91. The van der Waals surface area contributed by atoms with E-state index in [1.807, 2.05) is 36.4 Å². The fourth-order valence-corrected chi connectivity index (χ4v) is 5.97. The van der Waals surface area contributed by atoms with Crippen LogP contribution in [-0.4, -0.2) is 0 Å². The minimum Gasteiger partial charge on any atom is -0.115 e. The van der Waals surface area contributed by atoms with Crippen molar-refractivity contribution in [1.82, 2.24) is 0 Å². The first kappa shape index (κ1) is 29.9. The zero-order valence-electron chi connectivity index (χ0n) is 26.3. The van der Waals surface area contributed by atoms with Crippen LogP contribution in [0.15, 0.2) is 164 Å². The molecule has 0 aliphatic carbocycles. The Morgan fingerprint density at radius 1 is 0.208 bits per heavy atom. The smallest absolute Gasteiger partial charge is 0.0243 e. The van der Waals surface area contributed by atoms with Crippen molar-refractivity contribution in [1.29, 1.82) is 0 Å². The molecular formula is C48H30. The summed E-state index contributed by atoms with van der Waals surface area (Å²) in [4.78, 5) is 0. The van der Waals surface area contributed by atoms with Crippen molar-refractivity contribution in [3.05, 3.63) is 180 Å². The number of terminal acetylenes is 3. The molecule has 0 aromatic heterocycles. The van der Waals surface area contributed by atoms with Crippen molar-refractivity contribution >= 4 is 0 Å². The lowest BCUT2D eigenvalue weighted by molar-refractivity contribution is 1.54. The van der Waals surface area contributed by atoms with Crippen molar-refractivity contribution in [2.24, 2.45) is 0 Å². The standard InChI is InChI=1S/C48H30/c1-4-34-7-13-37(14-8-34)40-19-25-43(26-20-40)46-31-47(44-27-21-41(22-28-44)38-15-9-35(5-2)10-16-38)33-48(32-46)45-29-23-42(24-30-45)39-17-11-36(6-3)12-18-39/h1-3,7-33H. The second-order valence-electron chi connectivity index (χ2n) is 11.7. The highest BCUT2D eigenvalue weighted by atomic mass is 14.1. The molecule has 0 nitrogen and oxygen atoms in total. The molecule has 48 heavy (non-hydrogen) atoms. The minimum atomic E-state index is 0.879. The maximum atomic E-state index is 5.56. The SMILES string of the molecule is C#Cc1ccc(-c2ccc(-c3cc(-c4ccc(-c5ccc(C#C)cc5)cc4)cc(-c4ccc(-c5ccc(C#C)cc5)cc4)c3)cc2)cc1. The molecule has 0 radical (unpaired) electrons. The molecule has 0 N–H and O–H groups in total. The first-order chi connectivity index (χ1) is 23.6. The maximum absolute atomic E-state index is 5.56. The third kappa shape index (κ3) is 6.32. The molecule has 0 saturated heterocycles. The molecule has 0 fully saturated rings. The van der Waals surface area contributed by atoms with E-state index in [1.165, 1.54) is 0 Å². The van der Waals surface area contributed by atoms with Crippen LogP contribution in [0.2, 0.25) is 0 Å². The van der Waals surface area contributed by atoms with Crippen LogP contribution in [0.3, 0.4) is 0 Å². The molecule has 7 rings (SSSR count). The van der Waals surface area contributed by atoms with Gasteiger partial charge in [-0.15, -0.1) is 19.3 Å². The van der Waals surface area contributed by atoms with Gasteiger partial charge in [-0.05, 0) is 121 Å². The van der Waals surface area contributed by atoms with Crippen LogP contribution < -0.4 is 0 Å². The third-order valence-electron chi connectivity index (χ3n) is 8.74. The molecule has 0 aliphatic heterocycles. The second-order valence-corrected chi connectivity index (χ2v) is 11.7. The Labute approximate surface area is 283 Å². The van der Waals surface area contributed by atoms with Crippen molar-refractivity contribution in [2.45, 2.75) is 0 Å². The van der Waals surface area contributed by atoms with Gasteiger partial charge in [-0.1, -0.05) is 127 Å². The number of rotatable bonds is 6. The highest BCUT2D eigenvalue weighted by Crippen LogP contribution is 2.35. The monoisotopic (exact) mass is 606 g/mol. The summed E-state index contributed by atoms with van der Waals surface area (Å²) in [7, 11) is 0. The van der Waals surface area contributed by atoms with Crippen LogP contribution in [0.4, 0.5) is 0 Å². The van der Waals surface area contributed by atoms with Gasteiger partial charge in [0, 0.05) is 16.7 Å². The minimum absolute atomic E-state index is 0.879. The molecule has 0 unspecified atom stereocenters. The molecule has 0 bridgehead atoms. The van der Waals surface area contributed by atoms with Gasteiger partial charge in [0.15, 0.2) is 0 Å². The van der Waals surface area contributed by atoms with Gasteiger partial charge in [-0.2, -0.15) is 0 Å². The maximum Gasteiger partial charge on any atom is 0.0243 e. The molecule has 0 spiro atoms. The van der Waals surface area contributed by atoms with Gasteiger partial charge in [0.2, 0.25) is 0 Å². The Hall–Kier alpha value is -6.78. The first-order valence-corrected chi connectivity index (χ1v) is 15.8. The molecule has 0 amide bonds. The largest absolute Gasteiger partial charge is 0.115 e. The second kappa shape index (κ2) is 13.3. The Morgan fingerprint density at radius 3 is 0.521 bits per heavy atom. The van der Waals surface area contributed by atoms with Gasteiger partial charge in [0.1, 0.15) is 0 Å². The summed E-state index contributed by atoms with van der Waals surface area (Å²) >= 11 is 0. The molecule has 222 valence electrons. The van der Waals surface area contributed by atoms with Crippen LogP contribution in [0.1, 0.15) is 16.7 Å². The molecule has 0 heterocycles. The van der Waals surface area contributed by atoms with E-state index in [1.54, 1.807) is 0 Å². The molecular weight excluding hydrogens is 577 g/mol. The van der Waals surface area contributed by atoms with E-state index in [0.717, 1.165) is 83.5 Å². The molecule has 0 aliphatic rings. The summed E-state index contributed by atoms with van der Waals surface area (Å²) in [6.45, 7) is 0. The van der Waals surface area contributed by atoms with E-state index >= 15 is 0 Å². The first-order valence-electron chi connectivity index (χ1n) is 15.8. The number of hydrogen-bond acceptors (Lipinski definition) is 0. The predicted octanol–water partition coefficient (Wildman–Crippen LogP) is 11.6. The zero-order chi connectivity index (χ0) is 32.9. The molecule has 7 aromatic rings. The summed E-state index contributed by atoms with van der Waals surface area (Å²) in [5.74, 6) is 8.08. The summed E-state index contributed by atoms with van der Waals surface area (Å²) in [5, 5.41) is 0. The lowest BCUT2D eigenvalue weighted by Crippen LogP contribution is -1.88. The number of benzene rings is 7. The van der Waals surface area contributed by atoms with Gasteiger partial charge < -0.3 is 0 Å². The Bertz CT molecular complexity index is 2040. The number of hydrogen-bond donors (Lipinski definition) is 0. The lowest BCUT2D eigenvalue weighted by Gasteiger charge is -2.13. The summed E-state index contributed by atoms with van der Waals surface area (Å²) in [5.41, 5.74) is 16.4. The highest BCUT2D eigenvalue weighted by molar-refractivity contribution is 5.83. The van der Waals surface area contributed by atoms with Gasteiger partial charge in [0.05, 0.1) is 0 Å².